The summed E-state index contributed by atoms with van der Waals surface area (Å²) >= 11 is 0. The first-order valence-electron chi connectivity index (χ1n) is 11.7. The Labute approximate surface area is 176 Å². The zero-order valence-electron chi connectivity index (χ0n) is 18.3. The molecule has 5 heteroatoms. The molecule has 0 saturated heterocycles. The van der Waals surface area contributed by atoms with Crippen molar-refractivity contribution < 1.29 is 9.72 Å². The van der Waals surface area contributed by atoms with Gasteiger partial charge in [0.25, 0.3) is 5.69 Å². The molecule has 1 rings (SSSR count). The monoisotopic (exact) mass is 404 g/mol. The van der Waals surface area contributed by atoms with Gasteiger partial charge in [0.2, 0.25) is 5.91 Å². The van der Waals surface area contributed by atoms with Crippen LogP contribution < -0.4 is 5.32 Å². The number of anilines is 1. The van der Waals surface area contributed by atoms with E-state index in [-0.39, 0.29) is 17.3 Å². The summed E-state index contributed by atoms with van der Waals surface area (Å²) in [6.45, 7) is 2.26. The average Bonchev–Trinajstić information content (AvgIpc) is 2.71. The summed E-state index contributed by atoms with van der Waals surface area (Å²) in [6.07, 6.45) is 19.8. The van der Waals surface area contributed by atoms with Crippen LogP contribution in [0.4, 0.5) is 11.4 Å². The number of rotatable bonds is 18. The quantitative estimate of drug-likeness (QED) is 0.154. The van der Waals surface area contributed by atoms with E-state index in [1.807, 2.05) is 0 Å². The van der Waals surface area contributed by atoms with Gasteiger partial charge in [-0.05, 0) is 12.5 Å². The molecule has 1 aromatic rings. The van der Waals surface area contributed by atoms with Gasteiger partial charge in [-0.1, -0.05) is 109 Å². The van der Waals surface area contributed by atoms with Crippen LogP contribution in [0.3, 0.4) is 0 Å². The van der Waals surface area contributed by atoms with Crippen molar-refractivity contribution in [2.24, 2.45) is 0 Å². The molecule has 0 radical (unpaired) electrons. The van der Waals surface area contributed by atoms with Gasteiger partial charge < -0.3 is 5.32 Å². The van der Waals surface area contributed by atoms with Crippen molar-refractivity contribution in [3.05, 3.63) is 34.4 Å². The first-order chi connectivity index (χ1) is 14.1. The largest absolute Gasteiger partial charge is 0.320 e. The Morgan fingerprint density at radius 1 is 0.793 bits per heavy atom. The van der Waals surface area contributed by atoms with Crippen LogP contribution in [-0.4, -0.2) is 10.8 Å². The van der Waals surface area contributed by atoms with Gasteiger partial charge in [-0.15, -0.1) is 0 Å². The Bertz CT molecular complexity index is 575. The number of para-hydroxylation sites is 2. The van der Waals surface area contributed by atoms with Gasteiger partial charge in [-0.25, -0.2) is 0 Å². The van der Waals surface area contributed by atoms with E-state index in [0.717, 1.165) is 19.3 Å². The maximum Gasteiger partial charge on any atom is 0.292 e. The highest BCUT2D eigenvalue weighted by molar-refractivity contribution is 5.92. The van der Waals surface area contributed by atoms with Gasteiger partial charge in [0.05, 0.1) is 4.92 Å². The number of nitro benzene ring substituents is 1. The molecule has 1 N–H and O–H groups in total. The molecule has 0 bridgehead atoms. The van der Waals surface area contributed by atoms with Crippen LogP contribution in [0.5, 0.6) is 0 Å². The summed E-state index contributed by atoms with van der Waals surface area (Å²) in [5, 5.41) is 13.6. The standard InChI is InChI=1S/C24H40N2O3/c1-2-3-4-5-6-7-8-9-10-11-12-13-14-15-16-21-24(27)25-22-19-17-18-20-23(22)26(28)29/h17-20H,2-16,21H2,1H3,(H,25,27). The van der Waals surface area contributed by atoms with Gasteiger partial charge in [-0.2, -0.15) is 0 Å². The van der Waals surface area contributed by atoms with Crippen LogP contribution in [0.1, 0.15) is 110 Å². The van der Waals surface area contributed by atoms with E-state index in [9.17, 15) is 14.9 Å². The third kappa shape index (κ3) is 13.0. The van der Waals surface area contributed by atoms with Crippen LogP contribution >= 0.6 is 0 Å². The van der Waals surface area contributed by atoms with Crippen molar-refractivity contribution in [2.45, 2.75) is 110 Å². The minimum Gasteiger partial charge on any atom is -0.320 e. The molecule has 0 fully saturated rings. The number of benzene rings is 1. The number of hydrogen-bond acceptors (Lipinski definition) is 3. The first kappa shape index (κ1) is 25.1. The molecule has 0 spiro atoms. The minimum atomic E-state index is -0.469. The fourth-order valence-corrected chi connectivity index (χ4v) is 3.61. The van der Waals surface area contributed by atoms with Crippen molar-refractivity contribution in [2.75, 3.05) is 5.32 Å². The minimum absolute atomic E-state index is 0.0580. The van der Waals surface area contributed by atoms with Gasteiger partial charge in [-0.3, -0.25) is 14.9 Å². The van der Waals surface area contributed by atoms with E-state index in [2.05, 4.69) is 12.2 Å². The molecule has 0 aromatic heterocycles. The second-order valence-electron chi connectivity index (χ2n) is 8.02. The maximum absolute atomic E-state index is 12.0. The van der Waals surface area contributed by atoms with Crippen LogP contribution in [0, 0.1) is 10.1 Å². The Morgan fingerprint density at radius 2 is 1.24 bits per heavy atom. The van der Waals surface area contributed by atoms with Crippen molar-refractivity contribution in [1.29, 1.82) is 0 Å². The predicted octanol–water partition coefficient (Wildman–Crippen LogP) is 7.79. The Kier molecular flexibility index (Phi) is 14.7. The molecule has 1 amide bonds. The number of carbonyl (C=O) groups is 1. The third-order valence-corrected chi connectivity index (χ3v) is 5.38. The zero-order valence-corrected chi connectivity index (χ0v) is 18.3. The molecule has 0 aliphatic rings. The fourth-order valence-electron chi connectivity index (χ4n) is 3.61. The highest BCUT2D eigenvalue weighted by Crippen LogP contribution is 2.23. The van der Waals surface area contributed by atoms with E-state index < -0.39 is 4.92 Å². The fraction of sp³-hybridized carbons (Fsp3) is 0.708. The first-order valence-corrected chi connectivity index (χ1v) is 11.7. The highest BCUT2D eigenvalue weighted by Gasteiger charge is 2.14. The molecule has 0 aliphatic carbocycles. The maximum atomic E-state index is 12.0. The topological polar surface area (TPSA) is 72.2 Å². The average molecular weight is 405 g/mol. The van der Waals surface area contributed by atoms with Crippen molar-refractivity contribution in [3.8, 4) is 0 Å². The second-order valence-corrected chi connectivity index (χ2v) is 8.02. The summed E-state index contributed by atoms with van der Waals surface area (Å²) < 4.78 is 0. The summed E-state index contributed by atoms with van der Waals surface area (Å²) in [5.41, 5.74) is 0.223. The number of nitrogens with zero attached hydrogens (tertiary/aromatic N) is 1. The van der Waals surface area contributed by atoms with Gasteiger partial charge in [0.1, 0.15) is 5.69 Å². The summed E-state index contributed by atoms with van der Waals surface area (Å²) in [7, 11) is 0. The molecular weight excluding hydrogens is 364 g/mol. The number of amides is 1. The second kappa shape index (κ2) is 17.0. The molecule has 0 heterocycles. The molecule has 0 aliphatic heterocycles. The van der Waals surface area contributed by atoms with E-state index in [0.29, 0.717) is 6.42 Å². The van der Waals surface area contributed by atoms with Crippen molar-refractivity contribution in [3.63, 3.8) is 0 Å². The number of nitro groups is 1. The van der Waals surface area contributed by atoms with Crippen molar-refractivity contribution in [1.82, 2.24) is 0 Å². The Balaban J connectivity index is 1.92. The Morgan fingerprint density at radius 3 is 1.72 bits per heavy atom. The lowest BCUT2D eigenvalue weighted by atomic mass is 10.0. The number of nitrogens with one attached hydrogen (secondary N) is 1. The molecule has 0 unspecified atom stereocenters. The van der Waals surface area contributed by atoms with E-state index >= 15 is 0 Å². The molecule has 164 valence electrons. The summed E-state index contributed by atoms with van der Waals surface area (Å²) in [4.78, 5) is 22.5. The SMILES string of the molecule is CCCCCCCCCCCCCCCCCC(=O)Nc1ccccc1[N+](=O)[O-]. The Hall–Kier alpha value is -1.91. The lowest BCUT2D eigenvalue weighted by Gasteiger charge is -2.06. The number of hydrogen-bond donors (Lipinski definition) is 1. The lowest BCUT2D eigenvalue weighted by molar-refractivity contribution is -0.383. The molecule has 5 nitrogen and oxygen atoms in total. The number of carbonyl (C=O) groups excluding carboxylic acids is 1. The highest BCUT2D eigenvalue weighted by atomic mass is 16.6. The van der Waals surface area contributed by atoms with Gasteiger partial charge >= 0.3 is 0 Å². The van der Waals surface area contributed by atoms with Gasteiger partial charge in [0, 0.05) is 12.5 Å². The lowest BCUT2D eigenvalue weighted by Crippen LogP contribution is -2.12. The molecule has 0 saturated carbocycles. The molecule has 1 aromatic carbocycles. The van der Waals surface area contributed by atoms with Crippen LogP contribution in [-0.2, 0) is 4.79 Å². The van der Waals surface area contributed by atoms with Crippen molar-refractivity contribution >= 4 is 17.3 Å². The smallest absolute Gasteiger partial charge is 0.292 e. The van der Waals surface area contributed by atoms with E-state index in [1.54, 1.807) is 18.2 Å². The normalized spacial score (nSPS) is 10.8. The van der Waals surface area contributed by atoms with E-state index in [1.165, 1.54) is 83.1 Å². The third-order valence-electron chi connectivity index (χ3n) is 5.38. The zero-order chi connectivity index (χ0) is 21.2. The van der Waals surface area contributed by atoms with Crippen LogP contribution in [0.15, 0.2) is 24.3 Å². The molecular formula is C24H40N2O3. The number of unbranched alkanes of at least 4 members (excludes halogenated alkanes) is 14. The predicted molar refractivity (Wildman–Crippen MR) is 121 cm³/mol. The molecule has 0 atom stereocenters. The van der Waals surface area contributed by atoms with Gasteiger partial charge in [0.15, 0.2) is 0 Å². The molecule has 29 heavy (non-hydrogen) atoms. The van der Waals surface area contributed by atoms with E-state index in [4.69, 9.17) is 0 Å². The van der Waals surface area contributed by atoms with Crippen LogP contribution in [0.2, 0.25) is 0 Å². The van der Waals surface area contributed by atoms with Crippen LogP contribution in [0.25, 0.3) is 0 Å². The summed E-state index contributed by atoms with van der Waals surface area (Å²) in [6, 6.07) is 6.27. The summed E-state index contributed by atoms with van der Waals surface area (Å²) in [5.74, 6) is -0.144.